The summed E-state index contributed by atoms with van der Waals surface area (Å²) in [4.78, 5) is 200. The van der Waals surface area contributed by atoms with E-state index in [0.29, 0.717) is 38.5 Å². The van der Waals surface area contributed by atoms with E-state index in [0.717, 1.165) is 25.7 Å². The number of amides is 13. The Morgan fingerprint density at radius 2 is 1.08 bits per heavy atom. The van der Waals surface area contributed by atoms with Gasteiger partial charge in [0.15, 0.2) is 24.8 Å². The highest BCUT2D eigenvalue weighted by atomic mass is 16.9. The monoisotopic (exact) mass is 1690 g/mol. The van der Waals surface area contributed by atoms with Gasteiger partial charge in [-0.05, 0) is 99.0 Å². The number of aliphatic hydroxyl groups excluding tert-OH is 10. The fourth-order valence-electron chi connectivity index (χ4n) is 15.0. The van der Waals surface area contributed by atoms with Gasteiger partial charge in [-0.15, -0.1) is 0 Å². The molecule has 0 aromatic heterocycles. The maximum Gasteiger partial charge on any atom is 0.395 e. The number of nitrogens with zero attached hydrogens (tertiary/aromatic N) is 5. The molecule has 118 heavy (non-hydrogen) atoms. The van der Waals surface area contributed by atoms with Gasteiger partial charge < -0.3 is 169 Å². The summed E-state index contributed by atoms with van der Waals surface area (Å²) in [5.74, 6) is -17.5. The molecule has 13 amide bonds. The highest BCUT2D eigenvalue weighted by Gasteiger charge is 2.62. The molecule has 7 fully saturated rings. The van der Waals surface area contributed by atoms with Gasteiger partial charge in [0.2, 0.25) is 76.8 Å². The number of aliphatic carboxylic acids is 1. The molecule has 0 radical (unpaired) electrons. The number of rotatable bonds is 38. The molecule has 0 spiro atoms. The first-order chi connectivity index (χ1) is 55.7. The molecule has 7 saturated heterocycles. The van der Waals surface area contributed by atoms with Crippen LogP contribution in [0.1, 0.15) is 106 Å². The summed E-state index contributed by atoms with van der Waals surface area (Å²) in [6.07, 6.45) is -28.7. The Hall–Kier alpha value is -8.87. The normalized spacial score (nSPS) is 30.6. The zero-order chi connectivity index (χ0) is 87.6. The lowest BCUT2D eigenvalue weighted by atomic mass is 9.95. The highest BCUT2D eigenvalue weighted by Crippen LogP contribution is 2.38. The van der Waals surface area contributed by atoms with E-state index in [4.69, 9.17) is 50.4 Å². The molecular formula is C69H113N17O32. The third kappa shape index (κ3) is 23.6. The maximum atomic E-state index is 15.0. The summed E-state index contributed by atoms with van der Waals surface area (Å²) in [6, 6.07) is -17.1. The average molecular weight is 1690 g/mol. The van der Waals surface area contributed by atoms with Gasteiger partial charge in [0.1, 0.15) is 127 Å². The van der Waals surface area contributed by atoms with Gasteiger partial charge in [0.05, 0.1) is 45.1 Å². The van der Waals surface area contributed by atoms with Crippen LogP contribution in [-0.2, 0) is 100 Å². The lowest BCUT2D eigenvalue weighted by Gasteiger charge is -2.50. The topological polar surface area (TPSA) is 738 Å². The number of carbonyl (C=O) groups is 14. The third-order valence-electron chi connectivity index (χ3n) is 21.2. The molecule has 7 aliphatic rings. The largest absolute Gasteiger partial charge is 0.475 e. The minimum atomic E-state index is -3.78. The molecule has 0 bridgehead atoms. The van der Waals surface area contributed by atoms with Crippen LogP contribution in [-0.4, -0.2) is 402 Å². The van der Waals surface area contributed by atoms with Crippen molar-refractivity contribution in [2.24, 2.45) is 22.2 Å². The molecule has 0 aliphatic carbocycles. The number of aliphatic hydroxyl groups is 10. The summed E-state index contributed by atoms with van der Waals surface area (Å²) >= 11 is 0. The van der Waals surface area contributed by atoms with E-state index in [-0.39, 0.29) is 70.3 Å². The summed E-state index contributed by atoms with van der Waals surface area (Å²) in [5, 5.41) is 142. The Morgan fingerprint density at radius 1 is 0.576 bits per heavy atom. The lowest BCUT2D eigenvalue weighted by Crippen LogP contribution is -2.72. The number of carbonyl (C=O) groups excluding carboxylic acids is 13. The Morgan fingerprint density at radius 3 is 1.62 bits per heavy atom. The molecular weight excluding hydrogens is 1580 g/mol. The number of nitrogens with two attached hydrogens (primary N) is 3. The first-order valence-corrected chi connectivity index (χ1v) is 38.7. The van der Waals surface area contributed by atoms with E-state index in [9.17, 15) is 119 Å². The third-order valence-corrected chi connectivity index (χ3v) is 21.2. The molecule has 0 aromatic carbocycles. The Bertz CT molecular complexity index is 3590. The van der Waals surface area contributed by atoms with Crippen LogP contribution in [0.25, 0.3) is 0 Å². The van der Waals surface area contributed by atoms with Crippen LogP contribution in [0.3, 0.4) is 0 Å². The smallest absolute Gasteiger partial charge is 0.395 e. The van der Waals surface area contributed by atoms with Crippen LogP contribution in [0.15, 0.2) is 4.99 Å². The van der Waals surface area contributed by atoms with Gasteiger partial charge in [-0.2, -0.15) is 0 Å². The zero-order valence-corrected chi connectivity index (χ0v) is 66.1. The molecule has 16 unspecified atom stereocenters. The fraction of sp³-hybridized carbons (Fsp3) is 0.783. The first-order valence-electron chi connectivity index (χ1n) is 38.7. The molecule has 7 heterocycles. The number of carboxylic acid groups (broad SMARTS) is 1. The van der Waals surface area contributed by atoms with Crippen LogP contribution in [0.4, 0.5) is 0 Å². The second kappa shape index (κ2) is 43.4. The van der Waals surface area contributed by atoms with Gasteiger partial charge in [-0.3, -0.25) is 72.1 Å². The first kappa shape index (κ1) is 96.3. The Kier molecular flexibility index (Phi) is 35.4. The molecule has 0 aromatic rings. The van der Waals surface area contributed by atoms with Gasteiger partial charge in [-0.25, -0.2) is 4.79 Å². The van der Waals surface area contributed by atoms with Gasteiger partial charge in [0.25, 0.3) is 0 Å². The van der Waals surface area contributed by atoms with Crippen LogP contribution in [0.2, 0.25) is 0 Å². The van der Waals surface area contributed by atoms with Crippen LogP contribution >= 0.6 is 0 Å². The number of carboxylic acids is 1. The van der Waals surface area contributed by atoms with Crippen LogP contribution in [0.5, 0.6) is 0 Å². The predicted octanol–water partition coefficient (Wildman–Crippen LogP) is -14.4. The number of ether oxygens (including phenoxy) is 7. The van der Waals surface area contributed by atoms with Crippen molar-refractivity contribution < 1.29 is 156 Å². The second-order valence-electron chi connectivity index (χ2n) is 29.7. The molecule has 0 saturated carbocycles. The Balaban J connectivity index is 1.11. The number of primary amides is 1. The van der Waals surface area contributed by atoms with E-state index < -0.39 is 274 Å². The fourth-order valence-corrected chi connectivity index (χ4v) is 15.0. The quantitative estimate of drug-likeness (QED) is 0.0155. The number of aliphatic imine (C=N–C) groups is 1. The van der Waals surface area contributed by atoms with E-state index in [2.05, 4.69) is 52.8 Å². The van der Waals surface area contributed by atoms with Crippen molar-refractivity contribution in [3.05, 3.63) is 0 Å². The van der Waals surface area contributed by atoms with E-state index >= 15 is 4.79 Å². The maximum absolute atomic E-state index is 15.0. The summed E-state index contributed by atoms with van der Waals surface area (Å²) in [6.45, 7) is 1.71. The van der Waals surface area contributed by atoms with Gasteiger partial charge in [0, 0.05) is 46.6 Å². The van der Waals surface area contributed by atoms with Crippen molar-refractivity contribution >= 4 is 88.7 Å². The summed E-state index contributed by atoms with van der Waals surface area (Å²) < 4.78 is 40.2. The zero-order valence-electron chi connectivity index (χ0n) is 66.1. The minimum Gasteiger partial charge on any atom is -0.475 e. The van der Waals surface area contributed by atoms with Crippen molar-refractivity contribution in [3.8, 4) is 0 Å². The van der Waals surface area contributed by atoms with Crippen molar-refractivity contribution in [1.82, 2.24) is 67.5 Å². The number of nitrogens with one attached hydrogen (secondary N) is 9. The van der Waals surface area contributed by atoms with E-state index in [1.165, 1.54) is 35.5 Å². The molecule has 49 heteroatoms. The van der Waals surface area contributed by atoms with Crippen molar-refractivity contribution in [1.29, 1.82) is 0 Å². The standard InChI is InChI=1S/C69H113N17O32/c1-28(54(70)99)76-57(102)38-16-11-21-85(38)63(108)39-17-12-22-86(39)61(106)30(3)78-59(104)44(82-55(100)35(24-87)81-43(94)23-75-56(101)36-14-9-19-83(36)60(105)29(2)77-58(103)37-15-10-20-84(37)62(107)34(73-7)13-8-18-74-68(71)72)31(4)112-65-46(80-33(6)92)51(48(96)41(26-89)113-65)115-66-50(98)53(49(97)42(27-90)114-66)117-69(67(110)111)116-52(47(95)40(93)25-88)45(64(109)118-69)79-32(5)91/h28-31,34-42,44-53,64-66,73,87-90,93,95-98,109H,8-27H2,1-7H3,(H2,70,99)(H,75,101)(H,76,102)(H,77,103)(H,78,104)(H,79,91)(H,80,92)(H,81,94)(H,82,100)(H,110,111)(H4,71,72,74)/t28?,29?,30?,31?,34?,35?,36?,37?,38?,39?,40-,41?,42?,44?,45+,46+,47-,48+,49+,50+,51?,52?,53?,64-,65+,66+,69-/m1/s1. The molecule has 27 atom stereocenters. The van der Waals surface area contributed by atoms with E-state index in [1.54, 1.807) is 7.05 Å². The molecule has 26 N–H and O–H groups in total. The number of hydrogen-bond acceptors (Lipinski definition) is 33. The average Bonchev–Trinajstić information content (AvgIpc) is 0.927. The van der Waals surface area contributed by atoms with Gasteiger partial charge >= 0.3 is 11.9 Å². The van der Waals surface area contributed by atoms with Crippen LogP contribution in [0, 0.1) is 0 Å². The summed E-state index contributed by atoms with van der Waals surface area (Å²) in [7, 11) is 1.59. The molecule has 7 rings (SSSR count). The molecule has 49 nitrogen and oxygen atoms in total. The molecule has 7 aliphatic heterocycles. The summed E-state index contributed by atoms with van der Waals surface area (Å²) in [5.41, 5.74) is 16.2. The Labute approximate surface area is 675 Å². The number of guanidine groups is 1. The highest BCUT2D eigenvalue weighted by molar-refractivity contribution is 5.99. The minimum absolute atomic E-state index is 0.0473. The van der Waals surface area contributed by atoms with E-state index in [1.807, 2.05) is 0 Å². The van der Waals surface area contributed by atoms with Crippen molar-refractivity contribution in [2.75, 3.05) is 72.7 Å². The number of hydrogen-bond donors (Lipinski definition) is 23. The number of likely N-dealkylation sites (N-methyl/N-ethyl adjacent to an activating group) is 1. The molecule has 666 valence electrons. The predicted molar refractivity (Wildman–Crippen MR) is 394 cm³/mol. The lowest BCUT2D eigenvalue weighted by molar-refractivity contribution is -0.471. The van der Waals surface area contributed by atoms with Gasteiger partial charge in [-0.1, -0.05) is 0 Å². The SMILES string of the molecule is CNC(CCCN=C(N)N)C(=O)N1CCCC1C(=O)NC(C)C(=O)N1CCCC1C(=O)NCC(=O)NC(CO)C(=O)NC(C(=O)NC(C)C(=O)N1CCCC1C(=O)N1CCCC1C(=O)NC(C)C(N)=O)C(C)O[C@H]1OC(CO)[C@H](O)C(O[C@@H]2OC(CO)[C@H](O)C(O[C@@]3(C(=O)O)OC([C@H](O)[C@H](O)CO)[C@H](NC(C)=O)[C@H](O)O3)[C@@H]2O)[C@@H]1NC(C)=O. The van der Waals surface area contributed by atoms with Crippen molar-refractivity contribution in [2.45, 2.75) is 270 Å². The number of likely N-dealkylation sites (tertiary alicyclic amines) is 4. The van der Waals surface area contributed by atoms with Crippen molar-refractivity contribution in [3.63, 3.8) is 0 Å². The second-order valence-corrected chi connectivity index (χ2v) is 29.7. The van der Waals surface area contributed by atoms with Crippen LogP contribution < -0.4 is 65.1 Å².